The maximum Gasteiger partial charge on any atom is 0.147 e. The van der Waals surface area contributed by atoms with Crippen LogP contribution in [0.5, 0.6) is 0 Å². The molecule has 0 bridgehead atoms. The number of hydrogen-bond donors (Lipinski definition) is 1. The number of nitrogens with one attached hydrogen (secondary N) is 1. The van der Waals surface area contributed by atoms with Crippen molar-refractivity contribution in [3.05, 3.63) is 0 Å². The Balaban J connectivity index is 4.92. The van der Waals surface area contributed by atoms with Gasteiger partial charge in [0.15, 0.2) is 0 Å². The van der Waals surface area contributed by atoms with E-state index in [1.54, 1.807) is 20.9 Å². The van der Waals surface area contributed by atoms with Crippen molar-refractivity contribution in [3.8, 4) is 0 Å². The van der Waals surface area contributed by atoms with E-state index in [-0.39, 0.29) is 28.4 Å². The maximum absolute atomic E-state index is 11.5. The second kappa shape index (κ2) is 5.09. The maximum atomic E-state index is 11.5. The number of carbonyl (C=O) groups excluding carboxylic acids is 2. The highest BCUT2D eigenvalue weighted by molar-refractivity contribution is 5.83. The lowest BCUT2D eigenvalue weighted by molar-refractivity contribution is -0.129. The van der Waals surface area contributed by atoms with Crippen molar-refractivity contribution in [3.63, 3.8) is 0 Å². The Kier molecular flexibility index (Phi) is 4.86. The summed E-state index contributed by atoms with van der Waals surface area (Å²) in [6, 6.07) is -0.203. The zero-order valence-corrected chi connectivity index (χ0v) is 11.6. The van der Waals surface area contributed by atoms with Gasteiger partial charge in [0, 0.05) is 5.41 Å². The molecular formula is C13H25NO2. The van der Waals surface area contributed by atoms with Crippen LogP contribution in [-0.4, -0.2) is 24.7 Å². The minimum Gasteiger partial charge on any atom is -0.310 e. The monoisotopic (exact) mass is 227 g/mol. The van der Waals surface area contributed by atoms with Gasteiger partial charge in [0.25, 0.3) is 0 Å². The smallest absolute Gasteiger partial charge is 0.147 e. The fraction of sp³-hybridized carbons (Fsp3) is 0.846. The van der Waals surface area contributed by atoms with Gasteiger partial charge in [-0.2, -0.15) is 0 Å². The highest BCUT2D eigenvalue weighted by atomic mass is 16.1. The molecule has 1 atom stereocenters. The minimum atomic E-state index is -0.381. The van der Waals surface area contributed by atoms with E-state index >= 15 is 0 Å². The first-order valence-corrected chi connectivity index (χ1v) is 5.73. The Morgan fingerprint density at radius 2 is 1.56 bits per heavy atom. The molecule has 0 rings (SSSR count). The molecule has 0 heterocycles. The number of likely N-dealkylation sites (N-methyl/N-ethyl adjacent to an activating group) is 1. The topological polar surface area (TPSA) is 46.2 Å². The molecule has 0 aromatic carbocycles. The molecule has 0 saturated carbocycles. The van der Waals surface area contributed by atoms with Crippen molar-refractivity contribution in [2.45, 2.75) is 54.0 Å². The second-order valence-corrected chi connectivity index (χ2v) is 5.94. The van der Waals surface area contributed by atoms with Gasteiger partial charge in [-0.05, 0) is 32.7 Å². The molecule has 3 heteroatoms. The number of rotatable bonds is 6. The Morgan fingerprint density at radius 3 is 1.81 bits per heavy atom. The van der Waals surface area contributed by atoms with Crippen molar-refractivity contribution in [1.29, 1.82) is 0 Å². The van der Waals surface area contributed by atoms with Gasteiger partial charge in [-0.1, -0.05) is 27.7 Å². The molecule has 94 valence electrons. The van der Waals surface area contributed by atoms with Crippen LogP contribution in [-0.2, 0) is 9.59 Å². The zero-order valence-electron chi connectivity index (χ0n) is 11.6. The first kappa shape index (κ1) is 15.3. The van der Waals surface area contributed by atoms with Gasteiger partial charge in [0.1, 0.15) is 11.6 Å². The molecule has 3 nitrogen and oxygen atoms in total. The van der Waals surface area contributed by atoms with Crippen LogP contribution in [0, 0.1) is 10.8 Å². The number of carbonyl (C=O) groups is 2. The highest BCUT2D eigenvalue weighted by Crippen LogP contribution is 2.37. The molecule has 0 spiro atoms. The minimum absolute atomic E-state index is 0.117. The zero-order chi connectivity index (χ0) is 13.1. The van der Waals surface area contributed by atoms with Crippen LogP contribution >= 0.6 is 0 Å². The van der Waals surface area contributed by atoms with Gasteiger partial charge < -0.3 is 5.32 Å². The molecule has 0 aliphatic heterocycles. The van der Waals surface area contributed by atoms with E-state index < -0.39 is 0 Å². The fourth-order valence-corrected chi connectivity index (χ4v) is 2.51. The Labute approximate surface area is 99.0 Å². The molecule has 0 aromatic heterocycles. The second-order valence-electron chi connectivity index (χ2n) is 5.94. The van der Waals surface area contributed by atoms with Gasteiger partial charge in [-0.15, -0.1) is 0 Å². The Morgan fingerprint density at radius 1 is 1.12 bits per heavy atom. The van der Waals surface area contributed by atoms with Gasteiger partial charge in [-0.25, -0.2) is 0 Å². The summed E-state index contributed by atoms with van der Waals surface area (Å²) in [5, 5.41) is 3.04. The quantitative estimate of drug-likeness (QED) is 0.756. The van der Waals surface area contributed by atoms with E-state index in [0.29, 0.717) is 6.42 Å². The number of Topliss-reactive ketones (excluding diaryl/α,β-unsaturated/α-hetero) is 2. The average Bonchev–Trinajstić information content (AvgIpc) is 2.00. The molecule has 1 N–H and O–H groups in total. The van der Waals surface area contributed by atoms with Crippen molar-refractivity contribution in [2.24, 2.45) is 10.8 Å². The van der Waals surface area contributed by atoms with Crippen molar-refractivity contribution >= 4 is 11.6 Å². The summed E-state index contributed by atoms with van der Waals surface area (Å²) in [5.74, 6) is 0.283. The summed E-state index contributed by atoms with van der Waals surface area (Å²) in [6.45, 7) is 11.1. The molecule has 16 heavy (non-hydrogen) atoms. The van der Waals surface area contributed by atoms with Gasteiger partial charge in [-0.3, -0.25) is 9.59 Å². The van der Waals surface area contributed by atoms with Crippen LogP contribution in [0.15, 0.2) is 0 Å². The molecule has 1 unspecified atom stereocenters. The average molecular weight is 227 g/mol. The van der Waals surface area contributed by atoms with E-state index in [2.05, 4.69) is 5.32 Å². The lowest BCUT2D eigenvalue weighted by Gasteiger charge is -2.38. The van der Waals surface area contributed by atoms with E-state index in [1.807, 2.05) is 27.7 Å². The summed E-state index contributed by atoms with van der Waals surface area (Å²) in [5.41, 5.74) is -0.607. The predicted molar refractivity (Wildman–Crippen MR) is 66.4 cm³/mol. The van der Waals surface area contributed by atoms with Crippen molar-refractivity contribution < 1.29 is 9.59 Å². The lowest BCUT2D eigenvalue weighted by Crippen LogP contribution is -2.47. The van der Waals surface area contributed by atoms with E-state index in [9.17, 15) is 9.59 Å². The van der Waals surface area contributed by atoms with Crippen LogP contribution in [0.4, 0.5) is 0 Å². The van der Waals surface area contributed by atoms with Crippen molar-refractivity contribution in [1.82, 2.24) is 5.32 Å². The molecule has 0 radical (unpaired) electrons. The predicted octanol–water partition coefficient (Wildman–Crippen LogP) is 2.19. The highest BCUT2D eigenvalue weighted by Gasteiger charge is 2.38. The molecular weight excluding hydrogens is 202 g/mol. The summed E-state index contributed by atoms with van der Waals surface area (Å²) < 4.78 is 0. The van der Waals surface area contributed by atoms with E-state index in [0.717, 1.165) is 0 Å². The summed E-state index contributed by atoms with van der Waals surface area (Å²) >= 11 is 0. The molecule has 0 amide bonds. The SMILES string of the molecule is CNC(C(C)=O)C(C)(C)CC(C)(C)C(C)=O. The molecule has 0 fully saturated rings. The van der Waals surface area contributed by atoms with Crippen LogP contribution in [0.1, 0.15) is 48.0 Å². The fourth-order valence-electron chi connectivity index (χ4n) is 2.51. The number of ketones is 2. The van der Waals surface area contributed by atoms with Crippen LogP contribution in [0.2, 0.25) is 0 Å². The summed E-state index contributed by atoms with van der Waals surface area (Å²) in [6.07, 6.45) is 0.695. The summed E-state index contributed by atoms with van der Waals surface area (Å²) in [7, 11) is 1.79. The Bertz CT molecular complexity index is 280. The van der Waals surface area contributed by atoms with Gasteiger partial charge in [0.2, 0.25) is 0 Å². The van der Waals surface area contributed by atoms with Gasteiger partial charge >= 0.3 is 0 Å². The lowest BCUT2D eigenvalue weighted by atomic mass is 9.69. The standard InChI is InChI=1S/C13H25NO2/c1-9(15)11(14-7)13(5,6)8-12(3,4)10(2)16/h11,14H,8H2,1-7H3. The molecule has 0 saturated heterocycles. The first-order chi connectivity index (χ1) is 7.04. The van der Waals surface area contributed by atoms with Crippen LogP contribution in [0.25, 0.3) is 0 Å². The molecule has 0 aliphatic rings. The Hall–Kier alpha value is -0.700. The van der Waals surface area contributed by atoms with Gasteiger partial charge in [0.05, 0.1) is 6.04 Å². The van der Waals surface area contributed by atoms with Crippen LogP contribution < -0.4 is 5.32 Å². The van der Waals surface area contributed by atoms with E-state index in [1.165, 1.54) is 0 Å². The summed E-state index contributed by atoms with van der Waals surface area (Å²) in [4.78, 5) is 23.0. The van der Waals surface area contributed by atoms with Crippen molar-refractivity contribution in [2.75, 3.05) is 7.05 Å². The molecule has 0 aromatic rings. The third-order valence-corrected chi connectivity index (χ3v) is 3.33. The first-order valence-electron chi connectivity index (χ1n) is 5.73. The van der Waals surface area contributed by atoms with Crippen LogP contribution in [0.3, 0.4) is 0 Å². The number of hydrogen-bond acceptors (Lipinski definition) is 3. The van der Waals surface area contributed by atoms with E-state index in [4.69, 9.17) is 0 Å². The third kappa shape index (κ3) is 3.71. The normalized spacial score (nSPS) is 14.7. The third-order valence-electron chi connectivity index (χ3n) is 3.33. The largest absolute Gasteiger partial charge is 0.310 e. The molecule has 0 aliphatic carbocycles.